The van der Waals surface area contributed by atoms with Gasteiger partial charge >= 0.3 is 6.09 Å². The van der Waals surface area contributed by atoms with Gasteiger partial charge in [-0.3, -0.25) is 4.79 Å². The molecule has 0 saturated carbocycles. The van der Waals surface area contributed by atoms with Gasteiger partial charge in [0.05, 0.1) is 0 Å². The largest absolute Gasteiger partial charge is 0.444 e. The van der Waals surface area contributed by atoms with Crippen LogP contribution < -0.4 is 0 Å². The number of halogens is 2. The van der Waals surface area contributed by atoms with Gasteiger partial charge in [0.15, 0.2) is 0 Å². The maximum absolute atomic E-state index is 13.9. The highest BCUT2D eigenvalue weighted by molar-refractivity contribution is 5.84. The molecule has 1 aromatic carbocycles. The number of ether oxygens (including phenoxy) is 1. The van der Waals surface area contributed by atoms with E-state index in [0.29, 0.717) is 12.8 Å². The number of amides is 1. The molecule has 0 radical (unpaired) electrons. The van der Waals surface area contributed by atoms with Gasteiger partial charge in [-0.05, 0) is 76.6 Å². The van der Waals surface area contributed by atoms with Gasteiger partial charge in [-0.15, -0.1) is 0 Å². The van der Waals surface area contributed by atoms with Crippen molar-refractivity contribution < 1.29 is 23.1 Å². The summed E-state index contributed by atoms with van der Waals surface area (Å²) in [6, 6.07) is 3.13. The fourth-order valence-electron chi connectivity index (χ4n) is 4.27. The summed E-state index contributed by atoms with van der Waals surface area (Å²) in [6.45, 7) is 5.51. The Morgan fingerprint density at radius 1 is 1.15 bits per heavy atom. The van der Waals surface area contributed by atoms with Crippen molar-refractivity contribution in [1.82, 2.24) is 4.90 Å². The van der Waals surface area contributed by atoms with Crippen molar-refractivity contribution >= 4 is 11.9 Å². The Kier molecular flexibility index (Phi) is 5.54. The zero-order valence-electron chi connectivity index (χ0n) is 16.1. The Balaban J connectivity index is 1.69. The fourth-order valence-corrected chi connectivity index (χ4v) is 4.27. The zero-order valence-corrected chi connectivity index (χ0v) is 16.1. The summed E-state index contributed by atoms with van der Waals surface area (Å²) in [5.41, 5.74) is -0.466. The van der Waals surface area contributed by atoms with Gasteiger partial charge in [0, 0.05) is 24.4 Å². The van der Waals surface area contributed by atoms with Gasteiger partial charge in [0.25, 0.3) is 0 Å². The molecule has 148 valence electrons. The molecule has 2 unspecified atom stereocenters. The minimum atomic E-state index is -0.563. The third kappa shape index (κ3) is 4.66. The molecule has 2 atom stereocenters. The number of nitrogens with zero attached hydrogens (tertiary/aromatic N) is 1. The highest BCUT2D eigenvalue weighted by Crippen LogP contribution is 2.38. The second-order valence-corrected chi connectivity index (χ2v) is 8.67. The number of benzene rings is 1. The summed E-state index contributed by atoms with van der Waals surface area (Å²) in [7, 11) is 0. The molecule has 2 aliphatic rings. The number of rotatable bonds is 3. The predicted molar refractivity (Wildman–Crippen MR) is 97.3 cm³/mol. The number of hydrogen-bond acceptors (Lipinski definition) is 3. The van der Waals surface area contributed by atoms with E-state index in [9.17, 15) is 18.4 Å². The summed E-state index contributed by atoms with van der Waals surface area (Å²) in [6.07, 6.45) is 3.40. The van der Waals surface area contributed by atoms with Crippen LogP contribution >= 0.6 is 0 Å². The Morgan fingerprint density at radius 2 is 1.78 bits per heavy atom. The van der Waals surface area contributed by atoms with E-state index >= 15 is 0 Å². The molecule has 0 aliphatic carbocycles. The van der Waals surface area contributed by atoms with Crippen LogP contribution in [0, 0.1) is 17.6 Å². The van der Waals surface area contributed by atoms with E-state index < -0.39 is 17.2 Å². The van der Waals surface area contributed by atoms with Crippen LogP contribution in [0.25, 0.3) is 0 Å². The van der Waals surface area contributed by atoms with Gasteiger partial charge in [-0.2, -0.15) is 0 Å². The minimum absolute atomic E-state index is 0.0290. The molecule has 2 saturated heterocycles. The van der Waals surface area contributed by atoms with Crippen molar-refractivity contribution in [3.63, 3.8) is 0 Å². The molecule has 27 heavy (non-hydrogen) atoms. The summed E-state index contributed by atoms with van der Waals surface area (Å²) >= 11 is 0. The monoisotopic (exact) mass is 379 g/mol. The third-order valence-electron chi connectivity index (χ3n) is 5.41. The Hall–Kier alpha value is -1.98. The first-order chi connectivity index (χ1) is 12.6. The van der Waals surface area contributed by atoms with Gasteiger partial charge in [0.1, 0.15) is 23.0 Å². The molecule has 4 nitrogen and oxygen atoms in total. The first kappa shape index (κ1) is 19.8. The van der Waals surface area contributed by atoms with E-state index in [1.165, 1.54) is 0 Å². The number of hydrogen-bond donors (Lipinski definition) is 0. The van der Waals surface area contributed by atoms with Crippen LogP contribution in [0.2, 0.25) is 0 Å². The molecule has 1 aromatic rings. The summed E-state index contributed by atoms with van der Waals surface area (Å²) < 4.78 is 32.8. The van der Waals surface area contributed by atoms with E-state index in [1.54, 1.807) is 4.90 Å². The smallest absolute Gasteiger partial charge is 0.410 e. The molecular weight excluding hydrogens is 352 g/mol. The van der Waals surface area contributed by atoms with Crippen LogP contribution in [0.1, 0.15) is 58.4 Å². The van der Waals surface area contributed by atoms with Crippen molar-refractivity contribution in [1.29, 1.82) is 0 Å². The van der Waals surface area contributed by atoms with E-state index in [4.69, 9.17) is 4.74 Å². The number of piperidine rings is 2. The first-order valence-corrected chi connectivity index (χ1v) is 9.62. The molecule has 2 heterocycles. The lowest BCUT2D eigenvalue weighted by molar-refractivity contribution is -0.126. The number of carbonyl (C=O) groups excluding carboxylic acids is 2. The van der Waals surface area contributed by atoms with Crippen molar-refractivity contribution in [2.45, 2.75) is 77.0 Å². The predicted octanol–water partition coefficient (Wildman–Crippen LogP) is 4.64. The van der Waals surface area contributed by atoms with E-state index in [2.05, 4.69) is 0 Å². The molecule has 1 amide bonds. The van der Waals surface area contributed by atoms with Crippen LogP contribution in [-0.2, 0) is 16.0 Å². The summed E-state index contributed by atoms with van der Waals surface area (Å²) in [5.74, 6) is -1.42. The highest BCUT2D eigenvalue weighted by Gasteiger charge is 2.44. The Labute approximate surface area is 158 Å². The minimum Gasteiger partial charge on any atom is -0.444 e. The normalized spacial score (nSPS) is 25.2. The standard InChI is InChI=1S/C21H27F2NO3/c1-21(2,3)27-20(26)24-16-5-4-6-17(24)11-14(10-16)19(25)12-13-9-15(22)7-8-18(13)23/h7-9,14,16-17H,4-6,10-12H2,1-3H3. The summed E-state index contributed by atoms with van der Waals surface area (Å²) in [4.78, 5) is 27.2. The van der Waals surface area contributed by atoms with Crippen molar-refractivity contribution in [2.75, 3.05) is 0 Å². The average molecular weight is 379 g/mol. The molecule has 0 aromatic heterocycles. The van der Waals surface area contributed by atoms with Crippen molar-refractivity contribution in [3.8, 4) is 0 Å². The second-order valence-electron chi connectivity index (χ2n) is 8.67. The maximum Gasteiger partial charge on any atom is 0.410 e. The summed E-state index contributed by atoms with van der Waals surface area (Å²) in [5, 5.41) is 0. The van der Waals surface area contributed by atoms with E-state index in [1.807, 2.05) is 20.8 Å². The number of fused-ring (bicyclic) bond motifs is 2. The third-order valence-corrected chi connectivity index (χ3v) is 5.41. The molecule has 3 rings (SSSR count). The van der Waals surface area contributed by atoms with Crippen molar-refractivity contribution in [3.05, 3.63) is 35.4 Å². The first-order valence-electron chi connectivity index (χ1n) is 9.62. The van der Waals surface area contributed by atoms with Crippen LogP contribution in [0.5, 0.6) is 0 Å². The van der Waals surface area contributed by atoms with Gasteiger partial charge in [-0.1, -0.05) is 0 Å². The molecular formula is C21H27F2NO3. The van der Waals surface area contributed by atoms with Crippen LogP contribution in [-0.4, -0.2) is 34.5 Å². The van der Waals surface area contributed by atoms with Crippen molar-refractivity contribution in [2.24, 2.45) is 5.92 Å². The lowest BCUT2D eigenvalue weighted by Crippen LogP contribution is -2.56. The van der Waals surface area contributed by atoms with Gasteiger partial charge in [-0.25, -0.2) is 13.6 Å². The average Bonchev–Trinajstić information content (AvgIpc) is 2.55. The number of carbonyl (C=O) groups is 2. The highest BCUT2D eigenvalue weighted by atomic mass is 19.1. The lowest BCUT2D eigenvalue weighted by atomic mass is 9.76. The topological polar surface area (TPSA) is 46.6 Å². The quantitative estimate of drug-likeness (QED) is 0.768. The Morgan fingerprint density at radius 3 is 2.37 bits per heavy atom. The van der Waals surface area contributed by atoms with Gasteiger partial charge < -0.3 is 9.64 Å². The zero-order chi connectivity index (χ0) is 19.8. The molecule has 2 bridgehead atoms. The molecule has 6 heteroatoms. The van der Waals surface area contributed by atoms with E-state index in [0.717, 1.165) is 37.5 Å². The van der Waals surface area contributed by atoms with Crippen LogP contribution in [0.4, 0.5) is 13.6 Å². The molecule has 0 spiro atoms. The fraction of sp³-hybridized carbons (Fsp3) is 0.619. The van der Waals surface area contributed by atoms with Gasteiger partial charge in [0.2, 0.25) is 0 Å². The molecule has 0 N–H and O–H groups in total. The van der Waals surface area contributed by atoms with Crippen LogP contribution in [0.15, 0.2) is 18.2 Å². The van der Waals surface area contributed by atoms with Crippen LogP contribution in [0.3, 0.4) is 0 Å². The molecule has 2 fully saturated rings. The molecule has 2 aliphatic heterocycles. The van der Waals surface area contributed by atoms with E-state index in [-0.39, 0.29) is 41.9 Å². The Bertz CT molecular complexity index is 715. The lowest BCUT2D eigenvalue weighted by Gasteiger charge is -2.48. The maximum atomic E-state index is 13.9. The second kappa shape index (κ2) is 7.56. The number of ketones is 1. The number of Topliss-reactive ketones (excluding diaryl/α,β-unsaturated/α-hetero) is 1. The SMILES string of the molecule is CC(C)(C)OC(=O)N1C2CCCC1CC(C(=O)Cc1cc(F)ccc1F)C2.